The molecular formula is C22H27N5O4S2. The number of nitrogens with zero attached hydrogens (tertiary/aromatic N) is 4. The number of aromatic nitrogens is 3. The van der Waals surface area contributed by atoms with E-state index in [0.29, 0.717) is 32.7 Å². The number of rotatable bonds is 8. The fourth-order valence-corrected chi connectivity index (χ4v) is 5.59. The summed E-state index contributed by atoms with van der Waals surface area (Å²) in [6.07, 6.45) is 2.27. The molecule has 3 heterocycles. The number of hydrogen-bond donors (Lipinski definition) is 1. The molecule has 9 nitrogen and oxygen atoms in total. The molecule has 1 amide bonds. The maximum Gasteiger partial charge on any atom is 0.274 e. The quantitative estimate of drug-likeness (QED) is 0.377. The van der Waals surface area contributed by atoms with Gasteiger partial charge >= 0.3 is 0 Å². The molecular weight excluding hydrogens is 462 g/mol. The Bertz CT molecular complexity index is 1220. The van der Waals surface area contributed by atoms with Gasteiger partial charge in [-0.05, 0) is 38.8 Å². The lowest BCUT2D eigenvalue weighted by molar-refractivity contribution is -0.113. The van der Waals surface area contributed by atoms with Gasteiger partial charge < -0.3 is 19.7 Å². The number of thiazole rings is 1. The maximum absolute atomic E-state index is 13.2. The van der Waals surface area contributed by atoms with Crippen molar-refractivity contribution in [2.24, 2.45) is 0 Å². The van der Waals surface area contributed by atoms with E-state index >= 15 is 0 Å². The van der Waals surface area contributed by atoms with Gasteiger partial charge in [0.1, 0.15) is 16.2 Å². The number of amides is 1. The Morgan fingerprint density at radius 3 is 2.64 bits per heavy atom. The SMILES string of the molecule is COc1ccc(NC(=O)CSc2nc3nc(N4CCCC4)sc3c(=O)n2C(C)C)c(OC)c1. The second-order valence-electron chi connectivity index (χ2n) is 7.91. The average molecular weight is 490 g/mol. The minimum atomic E-state index is -0.232. The molecule has 0 saturated carbocycles. The summed E-state index contributed by atoms with van der Waals surface area (Å²) in [5.41, 5.74) is 0.879. The molecule has 1 saturated heterocycles. The summed E-state index contributed by atoms with van der Waals surface area (Å²) in [5.74, 6) is 0.991. The number of carbonyl (C=O) groups excluding carboxylic acids is 1. The van der Waals surface area contributed by atoms with Gasteiger partial charge in [-0.25, -0.2) is 4.98 Å². The van der Waals surface area contributed by atoms with Gasteiger partial charge in [0.05, 0.1) is 25.7 Å². The van der Waals surface area contributed by atoms with Gasteiger partial charge in [0.2, 0.25) is 5.91 Å². The largest absolute Gasteiger partial charge is 0.497 e. The molecule has 0 aliphatic carbocycles. The summed E-state index contributed by atoms with van der Waals surface area (Å²) >= 11 is 2.62. The molecule has 0 spiro atoms. The van der Waals surface area contributed by atoms with E-state index in [1.165, 1.54) is 30.2 Å². The fraction of sp³-hybridized carbons (Fsp3) is 0.455. The molecule has 1 N–H and O–H groups in total. The van der Waals surface area contributed by atoms with Crippen molar-refractivity contribution in [3.05, 3.63) is 28.6 Å². The van der Waals surface area contributed by atoms with Crippen molar-refractivity contribution >= 4 is 50.2 Å². The number of methoxy groups -OCH3 is 2. The third-order valence-corrected chi connectivity index (χ3v) is 7.37. The Morgan fingerprint density at radius 2 is 1.97 bits per heavy atom. The third-order valence-electron chi connectivity index (χ3n) is 5.33. The van der Waals surface area contributed by atoms with Crippen LogP contribution in [0.1, 0.15) is 32.7 Å². The molecule has 0 radical (unpaired) electrons. The molecule has 4 rings (SSSR count). The number of fused-ring (bicyclic) bond motifs is 1. The molecule has 11 heteroatoms. The van der Waals surface area contributed by atoms with Crippen LogP contribution in [0, 0.1) is 0 Å². The van der Waals surface area contributed by atoms with Crippen molar-refractivity contribution in [1.29, 1.82) is 0 Å². The number of hydrogen-bond acceptors (Lipinski definition) is 9. The first-order valence-electron chi connectivity index (χ1n) is 10.7. The van der Waals surface area contributed by atoms with E-state index in [1.54, 1.807) is 29.9 Å². The Hall–Kier alpha value is -2.79. The van der Waals surface area contributed by atoms with E-state index < -0.39 is 0 Å². The minimum Gasteiger partial charge on any atom is -0.497 e. The number of benzene rings is 1. The van der Waals surface area contributed by atoms with Crippen molar-refractivity contribution in [2.45, 2.75) is 37.9 Å². The Labute approximate surface area is 200 Å². The number of carbonyl (C=O) groups is 1. The Kier molecular flexibility index (Phi) is 7.08. The average Bonchev–Trinajstić information content (AvgIpc) is 3.47. The van der Waals surface area contributed by atoms with Gasteiger partial charge in [0.15, 0.2) is 15.9 Å². The normalized spacial score (nSPS) is 13.7. The van der Waals surface area contributed by atoms with Crippen LogP contribution in [-0.2, 0) is 4.79 Å². The lowest BCUT2D eigenvalue weighted by Crippen LogP contribution is -2.25. The van der Waals surface area contributed by atoms with E-state index in [-0.39, 0.29) is 23.3 Å². The summed E-state index contributed by atoms with van der Waals surface area (Å²) in [7, 11) is 3.10. The van der Waals surface area contributed by atoms with Crippen LogP contribution < -0.4 is 25.2 Å². The predicted octanol–water partition coefficient (Wildman–Crippen LogP) is 3.78. The monoisotopic (exact) mass is 489 g/mol. The summed E-state index contributed by atoms with van der Waals surface area (Å²) in [6.45, 7) is 5.77. The number of anilines is 2. The first-order valence-corrected chi connectivity index (χ1v) is 12.5. The van der Waals surface area contributed by atoms with Gasteiger partial charge in [-0.3, -0.25) is 14.2 Å². The van der Waals surface area contributed by atoms with Crippen LogP contribution in [0.3, 0.4) is 0 Å². The molecule has 33 heavy (non-hydrogen) atoms. The van der Waals surface area contributed by atoms with Crippen LogP contribution in [0.15, 0.2) is 28.2 Å². The highest BCUT2D eigenvalue weighted by atomic mass is 32.2. The van der Waals surface area contributed by atoms with Crippen LogP contribution >= 0.6 is 23.1 Å². The first kappa shape index (κ1) is 23.4. The number of nitrogens with one attached hydrogen (secondary N) is 1. The zero-order chi connectivity index (χ0) is 23.5. The van der Waals surface area contributed by atoms with Crippen molar-refractivity contribution in [1.82, 2.24) is 14.5 Å². The topological polar surface area (TPSA) is 98.6 Å². The molecule has 3 aromatic rings. The maximum atomic E-state index is 13.2. The van der Waals surface area contributed by atoms with Gasteiger partial charge in [-0.2, -0.15) is 4.98 Å². The zero-order valence-corrected chi connectivity index (χ0v) is 20.7. The summed E-state index contributed by atoms with van der Waals surface area (Å²) in [5, 5.41) is 4.17. The highest BCUT2D eigenvalue weighted by Gasteiger charge is 2.22. The number of ether oxygens (including phenoxy) is 2. The van der Waals surface area contributed by atoms with Crippen LogP contribution in [0.25, 0.3) is 10.3 Å². The van der Waals surface area contributed by atoms with Crippen LogP contribution in [0.5, 0.6) is 11.5 Å². The molecule has 1 aromatic carbocycles. The van der Waals surface area contributed by atoms with E-state index in [4.69, 9.17) is 9.47 Å². The minimum absolute atomic E-state index is 0.0863. The Balaban J connectivity index is 1.55. The van der Waals surface area contributed by atoms with Crippen molar-refractivity contribution in [2.75, 3.05) is 43.3 Å². The van der Waals surface area contributed by atoms with Gasteiger partial charge in [0.25, 0.3) is 5.56 Å². The summed E-state index contributed by atoms with van der Waals surface area (Å²) in [4.78, 5) is 37.4. The van der Waals surface area contributed by atoms with Crippen LogP contribution in [-0.4, -0.2) is 53.5 Å². The van der Waals surface area contributed by atoms with E-state index in [1.807, 2.05) is 13.8 Å². The molecule has 0 unspecified atom stereocenters. The van der Waals surface area contributed by atoms with E-state index in [9.17, 15) is 9.59 Å². The van der Waals surface area contributed by atoms with E-state index in [0.717, 1.165) is 31.1 Å². The highest BCUT2D eigenvalue weighted by Crippen LogP contribution is 2.31. The van der Waals surface area contributed by atoms with Gasteiger partial charge in [-0.1, -0.05) is 23.1 Å². The van der Waals surface area contributed by atoms with Gasteiger partial charge in [-0.15, -0.1) is 0 Å². The molecule has 0 atom stereocenters. The lowest BCUT2D eigenvalue weighted by Gasteiger charge is -2.15. The number of thioether (sulfide) groups is 1. The molecule has 0 bridgehead atoms. The highest BCUT2D eigenvalue weighted by molar-refractivity contribution is 7.99. The fourth-order valence-electron chi connectivity index (χ4n) is 3.68. The van der Waals surface area contributed by atoms with Crippen molar-refractivity contribution < 1.29 is 14.3 Å². The first-order chi connectivity index (χ1) is 15.9. The molecule has 1 fully saturated rings. The summed E-state index contributed by atoms with van der Waals surface area (Å²) in [6, 6.07) is 5.08. The standard InChI is InChI=1S/C22H27N5O4S2/c1-13(2)27-20(29)18-19(24-21(33-18)26-9-5-6-10-26)25-22(27)32-12-17(28)23-15-8-7-14(30-3)11-16(15)31-4/h7-8,11,13H,5-6,9-10,12H2,1-4H3,(H,23,28). The van der Waals surface area contributed by atoms with Crippen LogP contribution in [0.2, 0.25) is 0 Å². The van der Waals surface area contributed by atoms with Crippen LogP contribution in [0.4, 0.5) is 10.8 Å². The molecule has 176 valence electrons. The van der Waals surface area contributed by atoms with Crippen molar-refractivity contribution in [3.63, 3.8) is 0 Å². The lowest BCUT2D eigenvalue weighted by atomic mass is 10.2. The zero-order valence-electron chi connectivity index (χ0n) is 19.1. The second kappa shape index (κ2) is 10.0. The smallest absolute Gasteiger partial charge is 0.274 e. The summed E-state index contributed by atoms with van der Waals surface area (Å²) < 4.78 is 12.7. The molecule has 1 aliphatic heterocycles. The van der Waals surface area contributed by atoms with Gasteiger partial charge in [0, 0.05) is 25.2 Å². The molecule has 2 aromatic heterocycles. The molecule has 1 aliphatic rings. The second-order valence-corrected chi connectivity index (χ2v) is 9.83. The third kappa shape index (κ3) is 4.93. The van der Waals surface area contributed by atoms with E-state index in [2.05, 4.69) is 20.2 Å². The van der Waals surface area contributed by atoms with Crippen molar-refractivity contribution in [3.8, 4) is 11.5 Å². The Morgan fingerprint density at radius 1 is 1.21 bits per heavy atom. The predicted molar refractivity (Wildman–Crippen MR) is 132 cm³/mol.